The van der Waals surface area contributed by atoms with Crippen LogP contribution >= 0.6 is 11.6 Å². The lowest BCUT2D eigenvalue weighted by Crippen LogP contribution is -2.59. The van der Waals surface area contributed by atoms with E-state index in [1.54, 1.807) is 16.8 Å². The molecule has 12 heteroatoms. The van der Waals surface area contributed by atoms with Gasteiger partial charge >= 0.3 is 6.18 Å². The van der Waals surface area contributed by atoms with Gasteiger partial charge in [-0.2, -0.15) is 13.2 Å². The van der Waals surface area contributed by atoms with E-state index in [0.29, 0.717) is 25.3 Å². The molecule has 0 saturated carbocycles. The number of alkyl halides is 3. The molecule has 3 atom stereocenters. The van der Waals surface area contributed by atoms with Crippen LogP contribution in [0.25, 0.3) is 0 Å². The van der Waals surface area contributed by atoms with Crippen molar-refractivity contribution in [3.05, 3.63) is 52.5 Å². The number of rotatable bonds is 5. The molecule has 0 unspecified atom stereocenters. The summed E-state index contributed by atoms with van der Waals surface area (Å²) in [6.07, 6.45) is -2.77. The second kappa shape index (κ2) is 10.2. The number of carbonyl (C=O) groups excluding carboxylic acids is 1. The molecule has 3 aliphatic rings. The van der Waals surface area contributed by atoms with Gasteiger partial charge in [-0.05, 0) is 62.2 Å². The van der Waals surface area contributed by atoms with Crippen LogP contribution in [0.2, 0.25) is 5.02 Å². The molecule has 0 bridgehead atoms. The lowest BCUT2D eigenvalue weighted by molar-refractivity contribution is -0.138. The minimum absolute atomic E-state index is 0.0261. The Morgan fingerprint density at radius 3 is 2.73 bits per heavy atom. The number of aliphatic hydroxyl groups is 1. The number of halogens is 4. The highest BCUT2D eigenvalue weighted by atomic mass is 35.5. The van der Waals surface area contributed by atoms with Crippen LogP contribution in [0.4, 0.5) is 30.2 Å². The molecule has 3 heterocycles. The Kier molecular flexibility index (Phi) is 7.14. The number of piperazine rings is 1. The Hall–Kier alpha value is -2.73. The number of amides is 1. The minimum atomic E-state index is -4.54. The van der Waals surface area contributed by atoms with Crippen molar-refractivity contribution >= 4 is 34.6 Å². The summed E-state index contributed by atoms with van der Waals surface area (Å²) >= 11 is 5.87. The molecule has 8 nitrogen and oxygen atoms in total. The number of carbonyl (C=O) groups is 1. The van der Waals surface area contributed by atoms with Crippen LogP contribution in [-0.4, -0.2) is 60.8 Å². The van der Waals surface area contributed by atoms with Gasteiger partial charge < -0.3 is 25.6 Å². The largest absolute Gasteiger partial charge is 0.416 e. The highest BCUT2D eigenvalue weighted by Crippen LogP contribution is 2.42. The van der Waals surface area contributed by atoms with Crippen molar-refractivity contribution in [3.8, 4) is 0 Å². The van der Waals surface area contributed by atoms with E-state index in [0.717, 1.165) is 36.8 Å². The number of aliphatic hydroxyl groups excluding tert-OH is 1. The number of hydrogen-bond acceptors (Lipinski definition) is 7. The van der Waals surface area contributed by atoms with Crippen molar-refractivity contribution in [1.29, 1.82) is 0 Å². The normalized spacial score (nSPS) is 22.7. The maximum absolute atomic E-state index is 13.8. The van der Waals surface area contributed by atoms with Gasteiger partial charge in [-0.25, -0.2) is 0 Å². The Labute approximate surface area is 218 Å². The Morgan fingerprint density at radius 2 is 2.03 bits per heavy atom. The van der Waals surface area contributed by atoms with E-state index in [1.165, 1.54) is 12.1 Å². The smallest absolute Gasteiger partial charge is 0.394 e. The Morgan fingerprint density at radius 1 is 1.22 bits per heavy atom. The fourth-order valence-electron chi connectivity index (χ4n) is 5.42. The van der Waals surface area contributed by atoms with Crippen molar-refractivity contribution in [2.24, 2.45) is 0 Å². The van der Waals surface area contributed by atoms with E-state index in [2.05, 4.69) is 21.2 Å². The number of hydrazine groups is 2. The first-order valence-electron chi connectivity index (χ1n) is 12.4. The van der Waals surface area contributed by atoms with Crippen molar-refractivity contribution in [2.75, 3.05) is 48.1 Å². The average Bonchev–Trinajstić information content (AvgIpc) is 3.57. The van der Waals surface area contributed by atoms with E-state index in [4.69, 9.17) is 11.6 Å². The summed E-state index contributed by atoms with van der Waals surface area (Å²) in [7, 11) is 0. The molecular weight excluding hydrogens is 509 g/mol. The zero-order chi connectivity index (χ0) is 26.3. The van der Waals surface area contributed by atoms with Crippen LogP contribution < -0.4 is 26.2 Å². The summed E-state index contributed by atoms with van der Waals surface area (Å²) in [5.74, 6) is 0.0296. The summed E-state index contributed by atoms with van der Waals surface area (Å²) in [6.45, 7) is 3.89. The predicted octanol–water partition coefficient (Wildman–Crippen LogP) is 3.53. The zero-order valence-corrected chi connectivity index (χ0v) is 21.1. The van der Waals surface area contributed by atoms with Crippen LogP contribution in [0, 0.1) is 0 Å². The van der Waals surface area contributed by atoms with Crippen molar-refractivity contribution < 1.29 is 23.1 Å². The summed E-state index contributed by atoms with van der Waals surface area (Å²) in [5.41, 5.74) is 7.61. The molecule has 2 aromatic rings. The van der Waals surface area contributed by atoms with E-state index in [-0.39, 0.29) is 35.2 Å². The second-order valence-electron chi connectivity index (χ2n) is 9.68. The van der Waals surface area contributed by atoms with Gasteiger partial charge in [0.05, 0.1) is 41.7 Å². The van der Waals surface area contributed by atoms with E-state index in [1.807, 2.05) is 18.2 Å². The monoisotopic (exact) mass is 538 g/mol. The van der Waals surface area contributed by atoms with Crippen LogP contribution in [0.1, 0.15) is 36.9 Å². The number of hydrogen-bond donors (Lipinski definition) is 4. The van der Waals surface area contributed by atoms with E-state index < -0.39 is 17.8 Å². The summed E-state index contributed by atoms with van der Waals surface area (Å²) < 4.78 is 41.3. The molecule has 0 aromatic heterocycles. The van der Waals surface area contributed by atoms with E-state index in [9.17, 15) is 23.1 Å². The van der Waals surface area contributed by atoms with Gasteiger partial charge in [0.1, 0.15) is 0 Å². The third-order valence-electron chi connectivity index (χ3n) is 7.41. The SMILES string of the molecule is C[C@H](c1ccc(Cl)cc1C(F)(F)F)N1NNc2ccc(N3CCN(C(=O)[C@H]4CCCN4)[C@H](CO)C3)cc21. The summed E-state index contributed by atoms with van der Waals surface area (Å²) in [5, 5.41) is 15.0. The fourth-order valence-corrected chi connectivity index (χ4v) is 5.59. The molecule has 1 amide bonds. The first-order chi connectivity index (χ1) is 17.7. The number of nitrogens with one attached hydrogen (secondary N) is 3. The Balaban J connectivity index is 1.37. The molecule has 0 spiro atoms. The summed E-state index contributed by atoms with van der Waals surface area (Å²) in [4.78, 5) is 16.8. The first kappa shape index (κ1) is 25.9. The van der Waals surface area contributed by atoms with E-state index >= 15 is 0 Å². The summed E-state index contributed by atoms with van der Waals surface area (Å²) in [6, 6.07) is 8.31. The predicted molar refractivity (Wildman–Crippen MR) is 136 cm³/mol. The standard InChI is InChI=1S/C25H30ClF3N6O2/c1-15(19-6-4-16(26)11-20(19)25(27,28)29)35-23-12-17(5-7-21(23)31-32-35)33-9-10-34(18(13-33)14-36)24(37)22-3-2-8-30-22/h4-7,11-12,15,18,22,30-32,36H,2-3,8-10,13-14H2,1H3/t15-,18+,22-/m1/s1. The van der Waals surface area contributed by atoms with Crippen molar-refractivity contribution in [2.45, 2.75) is 44.1 Å². The van der Waals surface area contributed by atoms with Gasteiger partial charge in [-0.15, -0.1) is 5.53 Å². The molecule has 4 N–H and O–H groups in total. The number of nitrogens with zero attached hydrogens (tertiary/aromatic N) is 3. The van der Waals surface area contributed by atoms with Crippen LogP contribution in [0.5, 0.6) is 0 Å². The van der Waals surface area contributed by atoms with Gasteiger partial charge in [-0.3, -0.25) is 9.80 Å². The highest BCUT2D eigenvalue weighted by Gasteiger charge is 2.38. The molecular formula is C25H30ClF3N6O2. The fraction of sp³-hybridized carbons (Fsp3) is 0.480. The Bertz CT molecular complexity index is 1160. The highest BCUT2D eigenvalue weighted by molar-refractivity contribution is 6.30. The van der Waals surface area contributed by atoms with Gasteiger partial charge in [0, 0.05) is 30.3 Å². The minimum Gasteiger partial charge on any atom is -0.394 e. The van der Waals surface area contributed by atoms with Crippen LogP contribution in [0.3, 0.4) is 0 Å². The lowest BCUT2D eigenvalue weighted by atomic mass is 10.00. The molecule has 200 valence electrons. The van der Waals surface area contributed by atoms with Crippen LogP contribution in [0.15, 0.2) is 36.4 Å². The molecule has 37 heavy (non-hydrogen) atoms. The van der Waals surface area contributed by atoms with Gasteiger partial charge in [0.15, 0.2) is 0 Å². The molecule has 2 saturated heterocycles. The quantitative estimate of drug-likeness (QED) is 0.463. The average molecular weight is 539 g/mol. The first-order valence-corrected chi connectivity index (χ1v) is 12.8. The maximum Gasteiger partial charge on any atom is 0.416 e. The second-order valence-corrected chi connectivity index (χ2v) is 10.1. The van der Waals surface area contributed by atoms with Gasteiger partial charge in [0.25, 0.3) is 0 Å². The van der Waals surface area contributed by atoms with Gasteiger partial charge in [0.2, 0.25) is 5.91 Å². The third-order valence-corrected chi connectivity index (χ3v) is 7.65. The molecule has 0 aliphatic carbocycles. The number of anilines is 3. The van der Waals surface area contributed by atoms with Crippen molar-refractivity contribution in [3.63, 3.8) is 0 Å². The van der Waals surface area contributed by atoms with Crippen molar-refractivity contribution in [1.82, 2.24) is 15.8 Å². The molecule has 2 aromatic carbocycles. The zero-order valence-electron chi connectivity index (χ0n) is 20.4. The topological polar surface area (TPSA) is 83.1 Å². The third kappa shape index (κ3) is 5.05. The van der Waals surface area contributed by atoms with Gasteiger partial charge in [-0.1, -0.05) is 17.7 Å². The molecule has 5 rings (SSSR count). The number of fused-ring (bicyclic) bond motifs is 1. The molecule has 2 fully saturated rings. The number of benzene rings is 2. The molecule has 3 aliphatic heterocycles. The maximum atomic E-state index is 13.8. The molecule has 0 radical (unpaired) electrons. The lowest BCUT2D eigenvalue weighted by Gasteiger charge is -2.42. The van der Waals surface area contributed by atoms with Crippen LogP contribution in [-0.2, 0) is 11.0 Å².